The monoisotopic (exact) mass is 368 g/mol. The van der Waals surface area contributed by atoms with E-state index in [9.17, 15) is 19.2 Å². The smallest absolute Gasteiger partial charge is 0.308 e. The zero-order chi connectivity index (χ0) is 19.6. The van der Waals surface area contributed by atoms with Gasteiger partial charge in [-0.1, -0.05) is 42.5 Å². The highest BCUT2D eigenvalue weighted by Crippen LogP contribution is 2.19. The van der Waals surface area contributed by atoms with Crippen molar-refractivity contribution in [3.05, 3.63) is 65.7 Å². The molecule has 7 nitrogen and oxygen atoms in total. The van der Waals surface area contributed by atoms with Gasteiger partial charge in [0.2, 0.25) is 5.91 Å². The maximum absolute atomic E-state index is 12.6. The molecule has 0 aliphatic rings. The Hall–Kier alpha value is -3.48. The van der Waals surface area contributed by atoms with Crippen molar-refractivity contribution < 1.29 is 23.9 Å². The highest BCUT2D eigenvalue weighted by atomic mass is 16.5. The van der Waals surface area contributed by atoms with E-state index in [0.717, 1.165) is 0 Å². The Kier molecular flexibility index (Phi) is 7.25. The lowest BCUT2D eigenvalue weighted by Crippen LogP contribution is -2.26. The first-order valence-corrected chi connectivity index (χ1v) is 8.36. The number of nitrogens with one attached hydrogen (secondary N) is 2. The second-order valence-corrected chi connectivity index (χ2v) is 5.68. The summed E-state index contributed by atoms with van der Waals surface area (Å²) in [5, 5.41) is 5.05. The van der Waals surface area contributed by atoms with Gasteiger partial charge in [0, 0.05) is 24.6 Å². The first-order chi connectivity index (χ1) is 13.0. The van der Waals surface area contributed by atoms with Crippen molar-refractivity contribution in [3.63, 3.8) is 0 Å². The van der Waals surface area contributed by atoms with Gasteiger partial charge in [-0.25, -0.2) is 0 Å². The lowest BCUT2D eigenvalue weighted by molar-refractivity contribution is -0.147. The van der Waals surface area contributed by atoms with Crippen LogP contribution in [0.1, 0.15) is 29.3 Å². The summed E-state index contributed by atoms with van der Waals surface area (Å²) in [6.45, 7) is 1.00. The molecule has 0 aromatic heterocycles. The third-order valence-corrected chi connectivity index (χ3v) is 3.55. The molecule has 0 radical (unpaired) electrons. The summed E-state index contributed by atoms with van der Waals surface area (Å²) in [5.74, 6) is -1.64. The minimum atomic E-state index is -0.604. The second-order valence-electron chi connectivity index (χ2n) is 5.68. The summed E-state index contributed by atoms with van der Waals surface area (Å²) in [6, 6.07) is 15.3. The second kappa shape index (κ2) is 9.86. The molecular formula is C20H20N2O5. The van der Waals surface area contributed by atoms with Crippen LogP contribution in [0.3, 0.4) is 0 Å². The summed E-state index contributed by atoms with van der Waals surface area (Å²) in [6.07, 6.45) is -0.0318. The van der Waals surface area contributed by atoms with Crippen LogP contribution in [0.25, 0.3) is 0 Å². The van der Waals surface area contributed by atoms with Gasteiger partial charge in [-0.3, -0.25) is 19.2 Å². The maximum Gasteiger partial charge on any atom is 0.308 e. The van der Waals surface area contributed by atoms with Crippen LogP contribution in [0, 0.1) is 0 Å². The molecule has 2 rings (SSSR count). The Balaban J connectivity index is 1.93. The highest BCUT2D eigenvalue weighted by Gasteiger charge is 2.15. The van der Waals surface area contributed by atoms with E-state index in [1.165, 1.54) is 6.92 Å². The average molecular weight is 368 g/mol. The van der Waals surface area contributed by atoms with Gasteiger partial charge >= 0.3 is 5.97 Å². The number of ketones is 1. The highest BCUT2D eigenvalue weighted by molar-refractivity contribution is 6.13. The summed E-state index contributed by atoms with van der Waals surface area (Å²) in [7, 11) is 0. The Morgan fingerprint density at radius 1 is 0.926 bits per heavy atom. The largest absolute Gasteiger partial charge is 0.456 e. The minimum Gasteiger partial charge on any atom is -0.456 e. The molecule has 0 aliphatic heterocycles. The number of ether oxygens (including phenoxy) is 1. The molecule has 2 aromatic rings. The van der Waals surface area contributed by atoms with Crippen LogP contribution < -0.4 is 10.6 Å². The van der Waals surface area contributed by atoms with E-state index < -0.39 is 18.5 Å². The number of rotatable bonds is 8. The normalized spacial score (nSPS) is 9.96. The zero-order valence-electron chi connectivity index (χ0n) is 14.9. The lowest BCUT2D eigenvalue weighted by atomic mass is 10.0. The average Bonchev–Trinajstić information content (AvgIpc) is 2.67. The molecule has 0 fully saturated rings. The number of benzene rings is 2. The van der Waals surface area contributed by atoms with E-state index in [1.807, 2.05) is 6.07 Å². The number of carbonyl (C=O) groups excluding carboxylic acids is 4. The molecule has 2 N–H and O–H groups in total. The Bertz CT molecular complexity index is 833. The van der Waals surface area contributed by atoms with E-state index in [1.54, 1.807) is 48.5 Å². The van der Waals surface area contributed by atoms with Crippen molar-refractivity contribution in [1.82, 2.24) is 5.32 Å². The molecule has 7 heteroatoms. The Morgan fingerprint density at radius 2 is 1.59 bits per heavy atom. The predicted octanol–water partition coefficient (Wildman–Crippen LogP) is 1.93. The lowest BCUT2D eigenvalue weighted by Gasteiger charge is -2.11. The summed E-state index contributed by atoms with van der Waals surface area (Å²) in [4.78, 5) is 46.9. The molecule has 140 valence electrons. The number of hydrogen-bond acceptors (Lipinski definition) is 5. The molecule has 0 atom stereocenters. The van der Waals surface area contributed by atoms with Crippen LogP contribution in [-0.2, 0) is 19.1 Å². The van der Waals surface area contributed by atoms with Crippen LogP contribution in [0.15, 0.2) is 54.6 Å². The minimum absolute atomic E-state index is 0.0318. The van der Waals surface area contributed by atoms with Gasteiger partial charge < -0.3 is 15.4 Å². The topological polar surface area (TPSA) is 102 Å². The van der Waals surface area contributed by atoms with Gasteiger partial charge in [0.25, 0.3) is 5.91 Å². The van der Waals surface area contributed by atoms with Crippen molar-refractivity contribution in [2.75, 3.05) is 18.5 Å². The van der Waals surface area contributed by atoms with Gasteiger partial charge in [0.15, 0.2) is 12.4 Å². The molecule has 0 heterocycles. The molecule has 2 aromatic carbocycles. The van der Waals surface area contributed by atoms with Crippen molar-refractivity contribution in [2.24, 2.45) is 0 Å². The fourth-order valence-electron chi connectivity index (χ4n) is 2.28. The maximum atomic E-state index is 12.6. The fourth-order valence-corrected chi connectivity index (χ4v) is 2.28. The number of amides is 2. The molecule has 0 saturated carbocycles. The Labute approximate surface area is 156 Å². The van der Waals surface area contributed by atoms with E-state index in [0.29, 0.717) is 16.8 Å². The van der Waals surface area contributed by atoms with E-state index in [2.05, 4.69) is 10.6 Å². The van der Waals surface area contributed by atoms with Crippen LogP contribution in [-0.4, -0.2) is 36.7 Å². The van der Waals surface area contributed by atoms with Crippen molar-refractivity contribution in [1.29, 1.82) is 0 Å². The summed E-state index contributed by atoms with van der Waals surface area (Å²) >= 11 is 0. The number of anilines is 1. The molecule has 0 bridgehead atoms. The van der Waals surface area contributed by atoms with Crippen molar-refractivity contribution in [3.8, 4) is 0 Å². The van der Waals surface area contributed by atoms with Gasteiger partial charge in [-0.2, -0.15) is 0 Å². The third-order valence-electron chi connectivity index (χ3n) is 3.55. The fraction of sp³-hybridized carbons (Fsp3) is 0.200. The van der Waals surface area contributed by atoms with Crippen LogP contribution >= 0.6 is 0 Å². The number of para-hydroxylation sites is 1. The van der Waals surface area contributed by atoms with E-state index in [4.69, 9.17) is 4.74 Å². The van der Waals surface area contributed by atoms with Gasteiger partial charge in [-0.15, -0.1) is 0 Å². The van der Waals surface area contributed by atoms with E-state index in [-0.39, 0.29) is 24.7 Å². The molecule has 0 aliphatic carbocycles. The number of esters is 1. The van der Waals surface area contributed by atoms with Gasteiger partial charge in [0.05, 0.1) is 12.1 Å². The number of hydrogen-bond donors (Lipinski definition) is 2. The first-order valence-electron chi connectivity index (χ1n) is 8.36. The Morgan fingerprint density at radius 3 is 2.30 bits per heavy atom. The van der Waals surface area contributed by atoms with Crippen molar-refractivity contribution >= 4 is 29.3 Å². The quantitative estimate of drug-likeness (QED) is 0.548. The zero-order valence-corrected chi connectivity index (χ0v) is 14.9. The molecule has 27 heavy (non-hydrogen) atoms. The van der Waals surface area contributed by atoms with Crippen LogP contribution in [0.5, 0.6) is 0 Å². The van der Waals surface area contributed by atoms with Crippen molar-refractivity contribution in [2.45, 2.75) is 13.3 Å². The first kappa shape index (κ1) is 19.8. The van der Waals surface area contributed by atoms with Gasteiger partial charge in [-0.05, 0) is 12.1 Å². The molecule has 2 amide bonds. The summed E-state index contributed by atoms with van der Waals surface area (Å²) in [5.41, 5.74) is 1.18. The summed E-state index contributed by atoms with van der Waals surface area (Å²) < 4.78 is 4.86. The van der Waals surface area contributed by atoms with E-state index >= 15 is 0 Å². The molecule has 0 saturated heterocycles. The van der Waals surface area contributed by atoms with Crippen LogP contribution in [0.2, 0.25) is 0 Å². The van der Waals surface area contributed by atoms with Crippen LogP contribution in [0.4, 0.5) is 5.69 Å². The van der Waals surface area contributed by atoms with Gasteiger partial charge in [0.1, 0.15) is 0 Å². The SMILES string of the molecule is CC(=O)NCCC(=O)OCC(=O)Nc1ccccc1C(=O)c1ccccc1. The molecule has 0 spiro atoms. The predicted molar refractivity (Wildman–Crippen MR) is 99.2 cm³/mol. The molecule has 0 unspecified atom stereocenters. The number of carbonyl (C=O) groups is 4. The molecular weight excluding hydrogens is 348 g/mol. The third kappa shape index (κ3) is 6.39. The standard InChI is InChI=1S/C20H20N2O5/c1-14(23)21-12-11-19(25)27-13-18(24)22-17-10-6-5-9-16(17)20(26)15-7-3-2-4-8-15/h2-10H,11-13H2,1H3,(H,21,23)(H,22,24).